The first-order chi connectivity index (χ1) is 10.6. The molecule has 0 saturated heterocycles. The van der Waals surface area contributed by atoms with Gasteiger partial charge in [0, 0.05) is 17.1 Å². The second-order valence-electron chi connectivity index (χ2n) is 5.36. The average molecular weight is 287 g/mol. The highest BCUT2D eigenvalue weighted by Crippen LogP contribution is 2.27. The van der Waals surface area contributed by atoms with E-state index in [4.69, 9.17) is 7.98 Å². The SMILES string of the molecule is [B]n1c(-c2ccc3cc(C)cnc3n2)cc2ccc(F)cc21. The topological polar surface area (TPSA) is 30.7 Å². The molecule has 2 radical (unpaired) electrons. The van der Waals surface area contributed by atoms with Crippen LogP contribution in [-0.2, 0) is 0 Å². The van der Waals surface area contributed by atoms with Gasteiger partial charge in [0.05, 0.1) is 11.4 Å². The van der Waals surface area contributed by atoms with E-state index < -0.39 is 0 Å². The number of hydrogen-bond donors (Lipinski definition) is 0. The third-order valence-corrected chi connectivity index (χ3v) is 3.75. The van der Waals surface area contributed by atoms with E-state index in [2.05, 4.69) is 9.97 Å². The maximum absolute atomic E-state index is 13.4. The third kappa shape index (κ3) is 1.97. The van der Waals surface area contributed by atoms with Gasteiger partial charge in [-0.05, 0) is 60.3 Å². The van der Waals surface area contributed by atoms with Gasteiger partial charge in [0.1, 0.15) is 5.82 Å². The Labute approximate surface area is 127 Å². The molecule has 1 aromatic carbocycles. The molecule has 4 aromatic rings. The Hall–Kier alpha value is -2.69. The van der Waals surface area contributed by atoms with Gasteiger partial charge in [-0.2, -0.15) is 0 Å². The summed E-state index contributed by atoms with van der Waals surface area (Å²) in [5.74, 6) is -0.313. The van der Waals surface area contributed by atoms with Gasteiger partial charge in [0.15, 0.2) is 5.65 Å². The van der Waals surface area contributed by atoms with Crippen molar-refractivity contribution in [2.75, 3.05) is 0 Å². The lowest BCUT2D eigenvalue weighted by atomic mass is 10.2. The zero-order chi connectivity index (χ0) is 15.3. The molecule has 22 heavy (non-hydrogen) atoms. The second-order valence-corrected chi connectivity index (χ2v) is 5.36. The van der Waals surface area contributed by atoms with E-state index in [1.165, 1.54) is 16.6 Å². The molecule has 4 rings (SSSR count). The molecule has 0 aliphatic rings. The highest BCUT2D eigenvalue weighted by atomic mass is 19.1. The van der Waals surface area contributed by atoms with Crippen LogP contribution in [0.15, 0.2) is 48.7 Å². The fourth-order valence-corrected chi connectivity index (χ4v) is 2.65. The molecule has 3 aromatic heterocycles. The quantitative estimate of drug-likeness (QED) is 0.500. The third-order valence-electron chi connectivity index (χ3n) is 3.75. The molecule has 0 aliphatic heterocycles. The monoisotopic (exact) mass is 287 g/mol. The Morgan fingerprint density at radius 3 is 2.73 bits per heavy atom. The van der Waals surface area contributed by atoms with Crippen molar-refractivity contribution >= 4 is 29.9 Å². The van der Waals surface area contributed by atoms with Crippen LogP contribution in [0.2, 0.25) is 0 Å². The fraction of sp³-hybridized carbons (Fsp3) is 0.0588. The van der Waals surface area contributed by atoms with Crippen LogP contribution in [0.4, 0.5) is 4.39 Å². The minimum absolute atomic E-state index is 0.313. The standard InChI is InChI=1S/C17H11BFN3/c1-10-6-12-3-5-14(21-17(12)20-9-10)16-7-11-2-4-13(19)8-15(11)22(16)18/h2-9H,1H3. The van der Waals surface area contributed by atoms with E-state index in [-0.39, 0.29) is 5.82 Å². The van der Waals surface area contributed by atoms with Crippen LogP contribution in [0.3, 0.4) is 0 Å². The summed E-state index contributed by atoms with van der Waals surface area (Å²) in [4.78, 5) is 8.90. The molecule has 0 aliphatic carbocycles. The molecule has 0 bridgehead atoms. The van der Waals surface area contributed by atoms with Crippen molar-refractivity contribution in [3.05, 3.63) is 60.0 Å². The Morgan fingerprint density at radius 2 is 1.86 bits per heavy atom. The lowest BCUT2D eigenvalue weighted by Crippen LogP contribution is -1.97. The van der Waals surface area contributed by atoms with Crippen LogP contribution in [0, 0.1) is 12.7 Å². The molecule has 0 unspecified atom stereocenters. The van der Waals surface area contributed by atoms with E-state index in [9.17, 15) is 4.39 Å². The summed E-state index contributed by atoms with van der Waals surface area (Å²) in [6.45, 7) is 1.99. The minimum atomic E-state index is -0.313. The Kier molecular flexibility index (Phi) is 2.76. The summed E-state index contributed by atoms with van der Waals surface area (Å²) < 4.78 is 14.8. The maximum Gasteiger partial charge on any atom is 0.234 e. The van der Waals surface area contributed by atoms with Crippen molar-refractivity contribution in [1.82, 2.24) is 14.4 Å². The van der Waals surface area contributed by atoms with Crippen molar-refractivity contribution in [3.8, 4) is 11.4 Å². The number of aromatic nitrogens is 3. The Morgan fingerprint density at radius 1 is 1.05 bits per heavy atom. The van der Waals surface area contributed by atoms with Crippen LogP contribution in [-0.4, -0.2) is 22.4 Å². The number of pyridine rings is 2. The largest absolute Gasteiger partial charge is 0.396 e. The van der Waals surface area contributed by atoms with Crippen LogP contribution >= 0.6 is 0 Å². The van der Waals surface area contributed by atoms with Crippen molar-refractivity contribution in [2.45, 2.75) is 6.92 Å². The molecule has 0 atom stereocenters. The van der Waals surface area contributed by atoms with Crippen molar-refractivity contribution in [2.24, 2.45) is 0 Å². The first kappa shape index (κ1) is 13.0. The molecular weight excluding hydrogens is 276 g/mol. The highest BCUT2D eigenvalue weighted by Gasteiger charge is 2.10. The van der Waals surface area contributed by atoms with Gasteiger partial charge in [-0.25, -0.2) is 14.4 Å². The van der Waals surface area contributed by atoms with Gasteiger partial charge in [-0.3, -0.25) is 0 Å². The van der Waals surface area contributed by atoms with Gasteiger partial charge in [-0.15, -0.1) is 0 Å². The van der Waals surface area contributed by atoms with Crippen molar-refractivity contribution in [3.63, 3.8) is 0 Å². The Bertz CT molecular complexity index is 1020. The molecule has 0 N–H and O–H groups in total. The normalized spacial score (nSPS) is 11.4. The van der Waals surface area contributed by atoms with Crippen LogP contribution in [0.5, 0.6) is 0 Å². The molecule has 3 nitrogen and oxygen atoms in total. The smallest absolute Gasteiger partial charge is 0.234 e. The van der Waals surface area contributed by atoms with Crippen LogP contribution in [0.25, 0.3) is 33.3 Å². The minimum Gasteiger partial charge on any atom is -0.396 e. The maximum atomic E-state index is 13.4. The molecule has 0 spiro atoms. The summed E-state index contributed by atoms with van der Waals surface area (Å²) >= 11 is 0. The van der Waals surface area contributed by atoms with E-state index in [1.807, 2.05) is 31.2 Å². The van der Waals surface area contributed by atoms with E-state index >= 15 is 0 Å². The van der Waals surface area contributed by atoms with Crippen LogP contribution in [0.1, 0.15) is 5.56 Å². The predicted molar refractivity (Wildman–Crippen MR) is 86.3 cm³/mol. The lowest BCUT2D eigenvalue weighted by Gasteiger charge is -2.06. The van der Waals surface area contributed by atoms with E-state index in [1.54, 1.807) is 12.3 Å². The van der Waals surface area contributed by atoms with E-state index in [0.717, 1.165) is 22.0 Å². The van der Waals surface area contributed by atoms with Gasteiger partial charge < -0.3 is 4.48 Å². The Balaban J connectivity index is 1.94. The van der Waals surface area contributed by atoms with Crippen molar-refractivity contribution < 1.29 is 4.39 Å². The predicted octanol–water partition coefficient (Wildman–Crippen LogP) is 3.63. The molecule has 3 heterocycles. The number of aryl methyl sites for hydroxylation is 1. The molecule has 104 valence electrons. The summed E-state index contributed by atoms with van der Waals surface area (Å²) in [6, 6.07) is 12.4. The molecular formula is C17H11BFN3. The fourth-order valence-electron chi connectivity index (χ4n) is 2.65. The number of nitrogens with zero attached hydrogens (tertiary/aromatic N) is 3. The van der Waals surface area contributed by atoms with Crippen molar-refractivity contribution in [1.29, 1.82) is 0 Å². The molecule has 5 heteroatoms. The molecule has 0 saturated carbocycles. The summed E-state index contributed by atoms with van der Waals surface area (Å²) in [5.41, 5.74) is 3.83. The zero-order valence-corrected chi connectivity index (χ0v) is 11.9. The van der Waals surface area contributed by atoms with E-state index in [0.29, 0.717) is 16.9 Å². The number of hydrogen-bond acceptors (Lipinski definition) is 2. The number of rotatable bonds is 1. The summed E-state index contributed by atoms with van der Waals surface area (Å²) in [5, 5.41) is 1.85. The van der Waals surface area contributed by atoms with Gasteiger partial charge in [0.25, 0.3) is 0 Å². The second kappa shape index (κ2) is 4.66. The van der Waals surface area contributed by atoms with Gasteiger partial charge in [0.2, 0.25) is 7.98 Å². The number of halogens is 1. The number of benzene rings is 1. The van der Waals surface area contributed by atoms with Gasteiger partial charge >= 0.3 is 0 Å². The molecule has 0 fully saturated rings. The number of fused-ring (bicyclic) bond motifs is 2. The first-order valence-electron chi connectivity index (χ1n) is 6.92. The highest BCUT2D eigenvalue weighted by molar-refractivity contribution is 6.14. The average Bonchev–Trinajstić information content (AvgIpc) is 2.84. The summed E-state index contributed by atoms with van der Waals surface area (Å²) in [7, 11) is 6.10. The van der Waals surface area contributed by atoms with Crippen LogP contribution < -0.4 is 0 Å². The lowest BCUT2D eigenvalue weighted by molar-refractivity contribution is 0.629. The first-order valence-corrected chi connectivity index (χ1v) is 6.92. The summed E-state index contributed by atoms with van der Waals surface area (Å²) in [6.07, 6.45) is 1.78. The zero-order valence-electron chi connectivity index (χ0n) is 11.9. The van der Waals surface area contributed by atoms with Gasteiger partial charge in [-0.1, -0.05) is 0 Å². The molecule has 0 amide bonds.